The molecule has 0 aliphatic rings. The molecule has 0 unspecified atom stereocenters. The Kier molecular flexibility index (Phi) is 4.35. The lowest BCUT2D eigenvalue weighted by atomic mass is 10.3. The maximum absolute atomic E-state index is 8.40. The first-order chi connectivity index (χ1) is 5.29. The Morgan fingerprint density at radius 2 is 2.00 bits per heavy atom. The Hall–Kier alpha value is -1.68. The number of nitriles is 2. The molecule has 0 amide bonds. The predicted molar refractivity (Wildman–Crippen MR) is 38.9 cm³/mol. The van der Waals surface area contributed by atoms with Gasteiger partial charge in [-0.3, -0.25) is 0 Å². The molecule has 4 heteroatoms. The average Bonchev–Trinajstić information content (AvgIpc) is 2.05. The zero-order valence-electron chi connectivity index (χ0n) is 6.51. The molecule has 0 aliphatic heterocycles. The summed E-state index contributed by atoms with van der Waals surface area (Å²) in [6, 6.07) is 3.44. The van der Waals surface area contributed by atoms with Gasteiger partial charge < -0.3 is 10.1 Å². The third-order valence-corrected chi connectivity index (χ3v) is 0.966. The van der Waals surface area contributed by atoms with Crippen LogP contribution in [0, 0.1) is 22.7 Å². The van der Waals surface area contributed by atoms with E-state index in [1.54, 1.807) is 26.1 Å². The topological polar surface area (TPSA) is 68.8 Å². The zero-order valence-corrected chi connectivity index (χ0v) is 6.51. The van der Waals surface area contributed by atoms with Crippen LogP contribution in [0.1, 0.15) is 6.92 Å². The zero-order chi connectivity index (χ0) is 8.69. The van der Waals surface area contributed by atoms with Crippen molar-refractivity contribution in [3.63, 3.8) is 0 Å². The van der Waals surface area contributed by atoms with Gasteiger partial charge in [-0.25, -0.2) is 0 Å². The SMILES string of the molecule is CCOC(NC)=C(C#N)C#N. The fraction of sp³-hybridized carbons (Fsp3) is 0.429. The summed E-state index contributed by atoms with van der Waals surface area (Å²) < 4.78 is 4.96. The fourth-order valence-corrected chi connectivity index (χ4v) is 0.540. The molecule has 0 fully saturated rings. The van der Waals surface area contributed by atoms with E-state index in [4.69, 9.17) is 15.3 Å². The molecule has 0 saturated heterocycles. The highest BCUT2D eigenvalue weighted by molar-refractivity contribution is 5.37. The average molecular weight is 151 g/mol. The normalized spacial score (nSPS) is 7.27. The summed E-state index contributed by atoms with van der Waals surface area (Å²) in [5.41, 5.74) is -0.0330. The summed E-state index contributed by atoms with van der Waals surface area (Å²) >= 11 is 0. The second-order valence-electron chi connectivity index (χ2n) is 1.61. The molecule has 0 bridgehead atoms. The van der Waals surface area contributed by atoms with Crippen molar-refractivity contribution in [2.45, 2.75) is 6.92 Å². The first kappa shape index (κ1) is 9.32. The molecular formula is C7H9N3O. The van der Waals surface area contributed by atoms with E-state index in [1.165, 1.54) is 0 Å². The number of ether oxygens (including phenoxy) is 1. The summed E-state index contributed by atoms with van der Waals surface area (Å²) in [4.78, 5) is 0. The number of hydrogen-bond acceptors (Lipinski definition) is 4. The minimum Gasteiger partial charge on any atom is -0.478 e. The van der Waals surface area contributed by atoms with Crippen molar-refractivity contribution in [3.8, 4) is 12.1 Å². The standard InChI is InChI=1S/C7H9N3O/c1-3-11-7(10-2)6(4-8)5-9/h10H,3H2,1-2H3. The minimum atomic E-state index is -0.0330. The van der Waals surface area contributed by atoms with E-state index in [2.05, 4.69) is 5.32 Å². The van der Waals surface area contributed by atoms with Gasteiger partial charge in [0.05, 0.1) is 6.61 Å². The van der Waals surface area contributed by atoms with Crippen molar-refractivity contribution in [2.75, 3.05) is 13.7 Å². The molecule has 0 radical (unpaired) electrons. The van der Waals surface area contributed by atoms with Crippen LogP contribution < -0.4 is 5.32 Å². The summed E-state index contributed by atoms with van der Waals surface area (Å²) in [5, 5.41) is 19.4. The van der Waals surface area contributed by atoms with E-state index in [0.29, 0.717) is 6.61 Å². The Balaban J connectivity index is 4.55. The molecular weight excluding hydrogens is 142 g/mol. The van der Waals surface area contributed by atoms with E-state index < -0.39 is 0 Å². The molecule has 0 aromatic carbocycles. The highest BCUT2D eigenvalue weighted by atomic mass is 16.5. The van der Waals surface area contributed by atoms with E-state index in [9.17, 15) is 0 Å². The van der Waals surface area contributed by atoms with Crippen LogP contribution in [0.15, 0.2) is 11.5 Å². The van der Waals surface area contributed by atoms with Crippen molar-refractivity contribution in [2.24, 2.45) is 0 Å². The lowest BCUT2D eigenvalue weighted by Gasteiger charge is -2.05. The van der Waals surface area contributed by atoms with Crippen LogP contribution in [0.5, 0.6) is 0 Å². The van der Waals surface area contributed by atoms with E-state index in [0.717, 1.165) is 0 Å². The maximum atomic E-state index is 8.40. The molecule has 0 saturated carbocycles. The van der Waals surface area contributed by atoms with Gasteiger partial charge in [0.2, 0.25) is 5.88 Å². The van der Waals surface area contributed by atoms with Crippen molar-refractivity contribution in [1.29, 1.82) is 10.5 Å². The highest BCUT2D eigenvalue weighted by Gasteiger charge is 2.03. The maximum Gasteiger partial charge on any atom is 0.215 e. The number of allylic oxidation sites excluding steroid dienone is 1. The largest absolute Gasteiger partial charge is 0.478 e. The minimum absolute atomic E-state index is 0.0330. The third-order valence-electron chi connectivity index (χ3n) is 0.966. The summed E-state index contributed by atoms with van der Waals surface area (Å²) in [6.45, 7) is 2.22. The molecule has 0 rings (SSSR count). The van der Waals surface area contributed by atoms with E-state index in [-0.39, 0.29) is 11.5 Å². The van der Waals surface area contributed by atoms with E-state index >= 15 is 0 Å². The van der Waals surface area contributed by atoms with Crippen LogP contribution in [-0.2, 0) is 4.74 Å². The molecule has 1 N–H and O–H groups in total. The molecule has 11 heavy (non-hydrogen) atoms. The quantitative estimate of drug-likeness (QED) is 0.471. The number of nitrogens with zero attached hydrogens (tertiary/aromatic N) is 2. The van der Waals surface area contributed by atoms with Crippen LogP contribution in [-0.4, -0.2) is 13.7 Å². The lowest BCUT2D eigenvalue weighted by molar-refractivity contribution is 0.209. The molecule has 4 nitrogen and oxygen atoms in total. The van der Waals surface area contributed by atoms with Crippen molar-refractivity contribution in [3.05, 3.63) is 11.5 Å². The molecule has 58 valence electrons. The van der Waals surface area contributed by atoms with Gasteiger partial charge in [-0.2, -0.15) is 10.5 Å². The van der Waals surface area contributed by atoms with Gasteiger partial charge in [0.25, 0.3) is 0 Å². The van der Waals surface area contributed by atoms with Crippen molar-refractivity contribution < 1.29 is 4.74 Å². The Labute approximate surface area is 65.7 Å². The summed E-state index contributed by atoms with van der Waals surface area (Å²) in [6.07, 6.45) is 0. The predicted octanol–water partition coefficient (Wildman–Crippen LogP) is 0.501. The van der Waals surface area contributed by atoms with Gasteiger partial charge >= 0.3 is 0 Å². The Morgan fingerprint density at radius 1 is 1.45 bits per heavy atom. The third kappa shape index (κ3) is 2.59. The van der Waals surface area contributed by atoms with Crippen LogP contribution in [0.25, 0.3) is 0 Å². The summed E-state index contributed by atoms with van der Waals surface area (Å²) in [5.74, 6) is 0.234. The Morgan fingerprint density at radius 3 is 2.27 bits per heavy atom. The second kappa shape index (κ2) is 5.13. The van der Waals surface area contributed by atoms with Crippen LogP contribution >= 0.6 is 0 Å². The van der Waals surface area contributed by atoms with Crippen LogP contribution in [0.2, 0.25) is 0 Å². The van der Waals surface area contributed by atoms with Crippen molar-refractivity contribution in [1.82, 2.24) is 5.32 Å². The second-order valence-corrected chi connectivity index (χ2v) is 1.61. The highest BCUT2D eigenvalue weighted by Crippen LogP contribution is 1.99. The van der Waals surface area contributed by atoms with Gasteiger partial charge in [-0.05, 0) is 6.92 Å². The first-order valence-electron chi connectivity index (χ1n) is 3.15. The van der Waals surface area contributed by atoms with Crippen LogP contribution in [0.4, 0.5) is 0 Å². The van der Waals surface area contributed by atoms with Gasteiger partial charge in [0, 0.05) is 7.05 Å². The van der Waals surface area contributed by atoms with Gasteiger partial charge in [-0.15, -0.1) is 0 Å². The van der Waals surface area contributed by atoms with Crippen LogP contribution in [0.3, 0.4) is 0 Å². The number of nitrogens with one attached hydrogen (secondary N) is 1. The van der Waals surface area contributed by atoms with Gasteiger partial charge in [0.1, 0.15) is 12.1 Å². The van der Waals surface area contributed by atoms with Gasteiger partial charge in [-0.1, -0.05) is 0 Å². The smallest absolute Gasteiger partial charge is 0.215 e. The Bertz CT molecular complexity index is 215. The van der Waals surface area contributed by atoms with Crippen molar-refractivity contribution >= 4 is 0 Å². The molecule has 0 aromatic heterocycles. The first-order valence-corrected chi connectivity index (χ1v) is 3.15. The number of hydrogen-bond donors (Lipinski definition) is 1. The molecule has 0 atom stereocenters. The van der Waals surface area contributed by atoms with Gasteiger partial charge in [0.15, 0.2) is 5.57 Å². The number of rotatable bonds is 3. The van der Waals surface area contributed by atoms with E-state index in [1.807, 2.05) is 0 Å². The lowest BCUT2D eigenvalue weighted by Crippen LogP contribution is -2.11. The molecule has 0 aromatic rings. The molecule has 0 heterocycles. The fourth-order valence-electron chi connectivity index (χ4n) is 0.540. The molecule has 0 aliphatic carbocycles. The molecule has 0 spiro atoms. The summed E-state index contributed by atoms with van der Waals surface area (Å²) in [7, 11) is 1.60. The monoisotopic (exact) mass is 151 g/mol.